The molecular formula is C15H16N2O. The summed E-state index contributed by atoms with van der Waals surface area (Å²) in [6, 6.07) is 9.71. The Balaban J connectivity index is 2.94. The van der Waals surface area contributed by atoms with Crippen LogP contribution in [-0.2, 0) is 0 Å². The van der Waals surface area contributed by atoms with Crippen LogP contribution < -0.4 is 10.5 Å². The van der Waals surface area contributed by atoms with E-state index in [-0.39, 0.29) is 0 Å². The van der Waals surface area contributed by atoms with E-state index in [1.165, 1.54) is 0 Å². The summed E-state index contributed by atoms with van der Waals surface area (Å²) >= 11 is 0. The lowest BCUT2D eigenvalue weighted by molar-refractivity contribution is 0.418. The summed E-state index contributed by atoms with van der Waals surface area (Å²) in [5.41, 5.74) is 8.32. The Hall–Kier alpha value is -2.21. The number of nitrogens with zero attached hydrogens (tertiary/aromatic N) is 1. The molecule has 0 heterocycles. The quantitative estimate of drug-likeness (QED) is 0.818. The van der Waals surface area contributed by atoms with Crippen molar-refractivity contribution in [1.29, 1.82) is 5.26 Å². The first-order chi connectivity index (χ1) is 8.58. The molecule has 0 bridgehead atoms. The van der Waals surface area contributed by atoms with E-state index in [9.17, 15) is 0 Å². The third kappa shape index (κ3) is 1.86. The van der Waals surface area contributed by atoms with Gasteiger partial charge in [0.2, 0.25) is 0 Å². The van der Waals surface area contributed by atoms with Gasteiger partial charge in [-0.2, -0.15) is 5.26 Å². The Bertz CT molecular complexity index is 639. The molecular weight excluding hydrogens is 224 g/mol. The monoisotopic (exact) mass is 240 g/mol. The standard InChI is InChI=1S/C15H16N2O/c1-9(2)13-7-12(17)6-10-4-5-11(8-16)15(18-3)14(10)13/h4-7,9H,17H2,1-3H3. The lowest BCUT2D eigenvalue weighted by Crippen LogP contribution is -1.98. The van der Waals surface area contributed by atoms with Crippen LogP contribution in [0.1, 0.15) is 30.9 Å². The van der Waals surface area contributed by atoms with Crippen LogP contribution in [0.4, 0.5) is 5.69 Å². The second kappa shape index (κ2) is 4.58. The van der Waals surface area contributed by atoms with Gasteiger partial charge in [0.25, 0.3) is 0 Å². The lowest BCUT2D eigenvalue weighted by Gasteiger charge is -2.15. The molecule has 0 fully saturated rings. The van der Waals surface area contributed by atoms with Gasteiger partial charge in [-0.25, -0.2) is 0 Å². The zero-order valence-corrected chi connectivity index (χ0v) is 10.8. The maximum Gasteiger partial charge on any atom is 0.144 e. The van der Waals surface area contributed by atoms with Gasteiger partial charge in [0.05, 0.1) is 12.7 Å². The van der Waals surface area contributed by atoms with Crippen molar-refractivity contribution >= 4 is 16.5 Å². The van der Waals surface area contributed by atoms with E-state index in [1.54, 1.807) is 13.2 Å². The maximum atomic E-state index is 9.14. The Morgan fingerprint density at radius 3 is 2.56 bits per heavy atom. The SMILES string of the molecule is COc1c(C#N)ccc2cc(N)cc(C(C)C)c12. The minimum absolute atomic E-state index is 0.318. The Morgan fingerprint density at radius 2 is 2.00 bits per heavy atom. The highest BCUT2D eigenvalue weighted by atomic mass is 16.5. The van der Waals surface area contributed by atoms with Gasteiger partial charge in [-0.05, 0) is 35.1 Å². The van der Waals surface area contributed by atoms with E-state index in [4.69, 9.17) is 15.7 Å². The third-order valence-electron chi connectivity index (χ3n) is 3.07. The van der Waals surface area contributed by atoms with Crippen molar-refractivity contribution in [2.24, 2.45) is 0 Å². The van der Waals surface area contributed by atoms with Crippen molar-refractivity contribution in [1.82, 2.24) is 0 Å². The number of anilines is 1. The molecule has 0 aromatic heterocycles. The minimum atomic E-state index is 0.318. The fraction of sp³-hybridized carbons (Fsp3) is 0.267. The molecule has 2 rings (SSSR count). The molecule has 3 heteroatoms. The molecule has 0 radical (unpaired) electrons. The average molecular weight is 240 g/mol. The molecule has 2 aromatic carbocycles. The number of hydrogen-bond donors (Lipinski definition) is 1. The topological polar surface area (TPSA) is 59.0 Å². The number of fused-ring (bicyclic) bond motifs is 1. The van der Waals surface area contributed by atoms with Crippen molar-refractivity contribution in [2.45, 2.75) is 19.8 Å². The first kappa shape index (κ1) is 12.3. The summed E-state index contributed by atoms with van der Waals surface area (Å²) in [6.07, 6.45) is 0. The fourth-order valence-electron chi connectivity index (χ4n) is 2.24. The van der Waals surface area contributed by atoms with E-state index >= 15 is 0 Å². The second-order valence-corrected chi connectivity index (χ2v) is 4.62. The molecule has 2 N–H and O–H groups in total. The predicted octanol–water partition coefficient (Wildman–Crippen LogP) is 3.43. The molecule has 0 unspecified atom stereocenters. The number of methoxy groups -OCH3 is 1. The third-order valence-corrected chi connectivity index (χ3v) is 3.07. The van der Waals surface area contributed by atoms with Crippen molar-refractivity contribution in [3.63, 3.8) is 0 Å². The normalized spacial score (nSPS) is 10.6. The summed E-state index contributed by atoms with van der Waals surface area (Å²) in [4.78, 5) is 0. The van der Waals surface area contributed by atoms with Gasteiger partial charge < -0.3 is 10.5 Å². The molecule has 18 heavy (non-hydrogen) atoms. The zero-order valence-electron chi connectivity index (χ0n) is 10.8. The largest absolute Gasteiger partial charge is 0.495 e. The zero-order chi connectivity index (χ0) is 13.3. The highest BCUT2D eigenvalue weighted by Crippen LogP contribution is 2.36. The Morgan fingerprint density at radius 1 is 1.28 bits per heavy atom. The van der Waals surface area contributed by atoms with Gasteiger partial charge in [-0.15, -0.1) is 0 Å². The number of nitrogen functional groups attached to an aromatic ring is 1. The summed E-state index contributed by atoms with van der Waals surface area (Å²) in [7, 11) is 1.59. The van der Waals surface area contributed by atoms with Gasteiger partial charge >= 0.3 is 0 Å². The summed E-state index contributed by atoms with van der Waals surface area (Å²) < 4.78 is 5.42. The molecule has 0 aliphatic heterocycles. The van der Waals surface area contributed by atoms with Gasteiger partial charge in [-0.1, -0.05) is 19.9 Å². The summed E-state index contributed by atoms with van der Waals surface area (Å²) in [5.74, 6) is 0.956. The van der Waals surface area contributed by atoms with Crippen molar-refractivity contribution in [2.75, 3.05) is 12.8 Å². The van der Waals surface area contributed by atoms with Crippen LogP contribution in [0.2, 0.25) is 0 Å². The van der Waals surface area contributed by atoms with Gasteiger partial charge in [-0.3, -0.25) is 0 Å². The summed E-state index contributed by atoms with van der Waals surface area (Å²) in [5, 5.41) is 11.1. The minimum Gasteiger partial charge on any atom is -0.495 e. The van der Waals surface area contributed by atoms with E-state index in [0.717, 1.165) is 22.0 Å². The first-order valence-electron chi connectivity index (χ1n) is 5.88. The van der Waals surface area contributed by atoms with Crippen LogP contribution in [0.25, 0.3) is 10.8 Å². The van der Waals surface area contributed by atoms with Crippen LogP contribution >= 0.6 is 0 Å². The number of hydrogen-bond acceptors (Lipinski definition) is 3. The van der Waals surface area contributed by atoms with Gasteiger partial charge in [0.1, 0.15) is 11.8 Å². The lowest BCUT2D eigenvalue weighted by atomic mass is 9.93. The van der Waals surface area contributed by atoms with E-state index in [1.807, 2.05) is 18.2 Å². The number of benzene rings is 2. The molecule has 0 saturated carbocycles. The second-order valence-electron chi connectivity index (χ2n) is 4.62. The Kier molecular flexibility index (Phi) is 3.12. The molecule has 0 amide bonds. The van der Waals surface area contributed by atoms with Crippen molar-refractivity contribution in [3.8, 4) is 11.8 Å². The molecule has 0 saturated heterocycles. The van der Waals surface area contributed by atoms with Crippen LogP contribution in [0, 0.1) is 11.3 Å². The number of ether oxygens (including phenoxy) is 1. The van der Waals surface area contributed by atoms with Crippen LogP contribution in [0.15, 0.2) is 24.3 Å². The molecule has 2 aromatic rings. The maximum absolute atomic E-state index is 9.14. The number of nitrogens with two attached hydrogens (primary N) is 1. The van der Waals surface area contributed by atoms with E-state index in [0.29, 0.717) is 17.2 Å². The molecule has 0 aliphatic carbocycles. The van der Waals surface area contributed by atoms with E-state index < -0.39 is 0 Å². The molecule has 92 valence electrons. The van der Waals surface area contributed by atoms with Crippen LogP contribution in [0.3, 0.4) is 0 Å². The van der Waals surface area contributed by atoms with Crippen LogP contribution in [-0.4, -0.2) is 7.11 Å². The predicted molar refractivity (Wildman–Crippen MR) is 73.7 cm³/mol. The Labute approximate surface area is 107 Å². The van der Waals surface area contributed by atoms with Gasteiger partial charge in [0.15, 0.2) is 0 Å². The van der Waals surface area contributed by atoms with Crippen LogP contribution in [0.5, 0.6) is 5.75 Å². The smallest absolute Gasteiger partial charge is 0.144 e. The van der Waals surface area contributed by atoms with Crippen molar-refractivity contribution in [3.05, 3.63) is 35.4 Å². The number of nitriles is 1. The molecule has 0 atom stereocenters. The van der Waals surface area contributed by atoms with Gasteiger partial charge in [0, 0.05) is 11.1 Å². The summed E-state index contributed by atoms with van der Waals surface area (Å²) in [6.45, 7) is 4.21. The molecule has 0 aliphatic rings. The van der Waals surface area contributed by atoms with Crippen molar-refractivity contribution < 1.29 is 4.74 Å². The molecule has 3 nitrogen and oxygen atoms in total. The first-order valence-corrected chi connectivity index (χ1v) is 5.88. The molecule has 0 spiro atoms. The van der Waals surface area contributed by atoms with E-state index in [2.05, 4.69) is 19.9 Å². The highest BCUT2D eigenvalue weighted by molar-refractivity contribution is 5.95. The number of rotatable bonds is 2. The average Bonchev–Trinajstić information content (AvgIpc) is 2.35. The fourth-order valence-corrected chi connectivity index (χ4v) is 2.24. The highest BCUT2D eigenvalue weighted by Gasteiger charge is 2.14.